The summed E-state index contributed by atoms with van der Waals surface area (Å²) in [6, 6.07) is 0. The molecule has 1 aromatic rings. The van der Waals surface area contributed by atoms with Gasteiger partial charge in [-0.15, -0.1) is 0 Å². The summed E-state index contributed by atoms with van der Waals surface area (Å²) in [5, 5.41) is 0. The second-order valence-electron chi connectivity index (χ2n) is 4.60. The highest BCUT2D eigenvalue weighted by molar-refractivity contribution is 5.05. The molecule has 1 aromatic heterocycles. The van der Waals surface area contributed by atoms with Crippen molar-refractivity contribution < 1.29 is 0 Å². The molecule has 0 saturated carbocycles. The molecule has 0 aliphatic carbocycles. The van der Waals surface area contributed by atoms with Gasteiger partial charge in [-0.1, -0.05) is 27.7 Å². The maximum atomic E-state index is 4.32. The summed E-state index contributed by atoms with van der Waals surface area (Å²) in [4.78, 5) is 8.65. The van der Waals surface area contributed by atoms with Crippen molar-refractivity contribution in [2.75, 3.05) is 0 Å². The van der Waals surface area contributed by atoms with Crippen LogP contribution in [0.15, 0.2) is 12.4 Å². The Labute approximate surface area is 80.4 Å². The van der Waals surface area contributed by atoms with Crippen LogP contribution in [0.5, 0.6) is 0 Å². The second kappa shape index (κ2) is 3.86. The van der Waals surface area contributed by atoms with Crippen molar-refractivity contribution in [2.45, 2.75) is 40.5 Å². The lowest BCUT2D eigenvalue weighted by atomic mass is 9.92. The van der Waals surface area contributed by atoms with Crippen LogP contribution in [0.4, 0.5) is 0 Å². The highest BCUT2D eigenvalue weighted by Gasteiger charge is 2.12. The highest BCUT2D eigenvalue weighted by Crippen LogP contribution is 2.17. The summed E-state index contributed by atoms with van der Waals surface area (Å²) >= 11 is 0. The van der Waals surface area contributed by atoms with Gasteiger partial charge in [0.25, 0.3) is 0 Å². The summed E-state index contributed by atoms with van der Waals surface area (Å²) in [5.41, 5.74) is 1.48. The van der Waals surface area contributed by atoms with Crippen LogP contribution in [0.25, 0.3) is 0 Å². The first-order chi connectivity index (χ1) is 6.01. The molecule has 0 radical (unpaired) electrons. The topological polar surface area (TPSA) is 25.8 Å². The third-order valence-electron chi connectivity index (χ3n) is 1.86. The number of hydrogen-bond acceptors (Lipinski definition) is 2. The molecule has 0 spiro atoms. The van der Waals surface area contributed by atoms with Crippen LogP contribution in [0.2, 0.25) is 0 Å². The van der Waals surface area contributed by atoms with Crippen LogP contribution in [-0.4, -0.2) is 9.97 Å². The van der Waals surface area contributed by atoms with E-state index in [1.165, 1.54) is 5.56 Å². The normalized spacial score (nSPS) is 11.7. The SMILES string of the molecule is CCc1cnc(CC(C)(C)C)nc1. The molecule has 0 saturated heterocycles. The fraction of sp³-hybridized carbons (Fsp3) is 0.636. The molecule has 13 heavy (non-hydrogen) atoms. The Balaban J connectivity index is 2.70. The average molecular weight is 178 g/mol. The van der Waals surface area contributed by atoms with Gasteiger partial charge in [-0.05, 0) is 17.4 Å². The van der Waals surface area contributed by atoms with Crippen LogP contribution >= 0.6 is 0 Å². The summed E-state index contributed by atoms with van der Waals surface area (Å²) < 4.78 is 0. The van der Waals surface area contributed by atoms with Gasteiger partial charge < -0.3 is 0 Å². The van der Waals surface area contributed by atoms with Gasteiger partial charge in [-0.2, -0.15) is 0 Å². The fourth-order valence-corrected chi connectivity index (χ4v) is 1.13. The Hall–Kier alpha value is -0.920. The van der Waals surface area contributed by atoms with Gasteiger partial charge in [0.15, 0.2) is 0 Å². The maximum absolute atomic E-state index is 4.32. The Morgan fingerprint density at radius 1 is 1.15 bits per heavy atom. The maximum Gasteiger partial charge on any atom is 0.128 e. The Morgan fingerprint density at radius 3 is 2.08 bits per heavy atom. The monoisotopic (exact) mass is 178 g/mol. The minimum atomic E-state index is 0.272. The lowest BCUT2D eigenvalue weighted by Crippen LogP contribution is -2.11. The second-order valence-corrected chi connectivity index (χ2v) is 4.60. The minimum absolute atomic E-state index is 0.272. The van der Waals surface area contributed by atoms with Crippen molar-refractivity contribution in [3.63, 3.8) is 0 Å². The number of nitrogens with zero attached hydrogens (tertiary/aromatic N) is 2. The van der Waals surface area contributed by atoms with Crippen molar-refractivity contribution in [1.29, 1.82) is 0 Å². The van der Waals surface area contributed by atoms with E-state index in [1.54, 1.807) is 0 Å². The van der Waals surface area contributed by atoms with Gasteiger partial charge in [0.2, 0.25) is 0 Å². The molecule has 0 amide bonds. The molecule has 1 heterocycles. The van der Waals surface area contributed by atoms with Crippen molar-refractivity contribution in [2.24, 2.45) is 5.41 Å². The van der Waals surface area contributed by atoms with Crippen LogP contribution in [-0.2, 0) is 12.8 Å². The van der Waals surface area contributed by atoms with Gasteiger partial charge in [0.1, 0.15) is 5.82 Å². The standard InChI is InChI=1S/C11H18N2/c1-5-9-7-12-10(13-8-9)6-11(2,3)4/h7-8H,5-6H2,1-4H3. The molecule has 1 rings (SSSR count). The van der Waals surface area contributed by atoms with Crippen molar-refractivity contribution in [1.82, 2.24) is 9.97 Å². The molecule has 0 N–H and O–H groups in total. The summed E-state index contributed by atoms with van der Waals surface area (Å²) in [5.74, 6) is 0.949. The Morgan fingerprint density at radius 2 is 1.69 bits per heavy atom. The van der Waals surface area contributed by atoms with E-state index < -0.39 is 0 Å². The third-order valence-corrected chi connectivity index (χ3v) is 1.86. The van der Waals surface area contributed by atoms with E-state index in [4.69, 9.17) is 0 Å². The molecule has 2 nitrogen and oxygen atoms in total. The van der Waals surface area contributed by atoms with Gasteiger partial charge in [0, 0.05) is 18.8 Å². The first kappa shape index (κ1) is 10.2. The van der Waals surface area contributed by atoms with Crippen molar-refractivity contribution in [3.05, 3.63) is 23.8 Å². The fourth-order valence-electron chi connectivity index (χ4n) is 1.13. The molecule has 0 atom stereocenters. The van der Waals surface area contributed by atoms with E-state index in [0.29, 0.717) is 0 Å². The zero-order chi connectivity index (χ0) is 9.90. The van der Waals surface area contributed by atoms with Crippen molar-refractivity contribution in [3.8, 4) is 0 Å². The zero-order valence-corrected chi connectivity index (χ0v) is 8.96. The first-order valence-electron chi connectivity index (χ1n) is 4.81. The van der Waals surface area contributed by atoms with Gasteiger partial charge in [0.05, 0.1) is 0 Å². The number of aromatic nitrogens is 2. The van der Waals surface area contributed by atoms with E-state index in [9.17, 15) is 0 Å². The lowest BCUT2D eigenvalue weighted by molar-refractivity contribution is 0.400. The number of rotatable bonds is 2. The molecule has 0 aliphatic rings. The van der Waals surface area contributed by atoms with Crippen LogP contribution < -0.4 is 0 Å². The molecule has 0 aromatic carbocycles. The molecular weight excluding hydrogens is 160 g/mol. The smallest absolute Gasteiger partial charge is 0.128 e. The summed E-state index contributed by atoms with van der Waals surface area (Å²) in [6.45, 7) is 8.71. The Bertz CT molecular complexity index is 256. The molecule has 0 aliphatic heterocycles. The highest BCUT2D eigenvalue weighted by atomic mass is 14.9. The predicted molar refractivity (Wildman–Crippen MR) is 54.6 cm³/mol. The molecule has 0 unspecified atom stereocenters. The van der Waals surface area contributed by atoms with E-state index in [-0.39, 0.29) is 5.41 Å². The molecular formula is C11H18N2. The number of aryl methyl sites for hydroxylation is 1. The summed E-state index contributed by atoms with van der Waals surface area (Å²) in [6.07, 6.45) is 5.80. The van der Waals surface area contributed by atoms with E-state index in [2.05, 4.69) is 37.7 Å². The van der Waals surface area contributed by atoms with Gasteiger partial charge in [-0.25, -0.2) is 9.97 Å². The molecule has 0 fully saturated rings. The van der Waals surface area contributed by atoms with E-state index in [0.717, 1.165) is 18.7 Å². The van der Waals surface area contributed by atoms with Crippen LogP contribution in [0, 0.1) is 5.41 Å². The quantitative estimate of drug-likeness (QED) is 0.695. The molecule has 0 bridgehead atoms. The third kappa shape index (κ3) is 3.53. The average Bonchev–Trinajstić information content (AvgIpc) is 2.03. The minimum Gasteiger partial charge on any atom is -0.241 e. The van der Waals surface area contributed by atoms with E-state index >= 15 is 0 Å². The molecule has 72 valence electrons. The molecule has 2 heteroatoms. The van der Waals surface area contributed by atoms with Crippen LogP contribution in [0.1, 0.15) is 39.1 Å². The Kier molecular flexibility index (Phi) is 3.02. The van der Waals surface area contributed by atoms with Crippen LogP contribution in [0.3, 0.4) is 0 Å². The summed E-state index contributed by atoms with van der Waals surface area (Å²) in [7, 11) is 0. The first-order valence-corrected chi connectivity index (χ1v) is 4.81. The zero-order valence-electron chi connectivity index (χ0n) is 8.96. The lowest BCUT2D eigenvalue weighted by Gasteiger charge is -2.16. The van der Waals surface area contributed by atoms with Crippen molar-refractivity contribution >= 4 is 0 Å². The number of hydrogen-bond donors (Lipinski definition) is 0. The van der Waals surface area contributed by atoms with Gasteiger partial charge in [-0.3, -0.25) is 0 Å². The predicted octanol–water partition coefficient (Wildman–Crippen LogP) is 2.63. The van der Waals surface area contributed by atoms with E-state index in [1.807, 2.05) is 12.4 Å². The van der Waals surface area contributed by atoms with Gasteiger partial charge >= 0.3 is 0 Å². The largest absolute Gasteiger partial charge is 0.241 e.